The van der Waals surface area contributed by atoms with Crippen LogP contribution in [0, 0.1) is 0 Å². The molecule has 0 aliphatic heterocycles. The first-order valence-corrected chi connectivity index (χ1v) is 5.06. The lowest BCUT2D eigenvalue weighted by atomic mass is 10.1. The highest BCUT2D eigenvalue weighted by Crippen LogP contribution is 2.30. The van der Waals surface area contributed by atoms with Crippen molar-refractivity contribution < 1.29 is 14.2 Å². The van der Waals surface area contributed by atoms with Gasteiger partial charge in [0.05, 0.1) is 19.8 Å². The summed E-state index contributed by atoms with van der Waals surface area (Å²) in [5.41, 5.74) is 1.01. The number of benzene rings is 1. The molecule has 1 aromatic rings. The largest absolute Gasteiger partial charge is 0.497 e. The molecule has 3 nitrogen and oxygen atoms in total. The van der Waals surface area contributed by atoms with Crippen molar-refractivity contribution in [1.82, 2.24) is 0 Å². The van der Waals surface area contributed by atoms with E-state index in [0.29, 0.717) is 6.61 Å². The summed E-state index contributed by atoms with van der Waals surface area (Å²) < 4.78 is 16.0. The minimum Gasteiger partial charge on any atom is -0.497 e. The molecule has 1 rings (SSSR count). The van der Waals surface area contributed by atoms with Crippen LogP contribution in [0.1, 0.15) is 25.5 Å². The molecular formula is C12H18O3. The summed E-state index contributed by atoms with van der Waals surface area (Å²) in [4.78, 5) is 0. The topological polar surface area (TPSA) is 27.7 Å². The zero-order chi connectivity index (χ0) is 11.3. The molecule has 1 aromatic carbocycles. The zero-order valence-electron chi connectivity index (χ0n) is 9.74. The third-order valence-electron chi connectivity index (χ3n) is 2.31. The lowest BCUT2D eigenvalue weighted by Gasteiger charge is -2.16. The molecule has 0 spiro atoms. The SMILES string of the molecule is CCOc1ccc(OC)cc1C(C)OC. The molecule has 0 bridgehead atoms. The van der Waals surface area contributed by atoms with Gasteiger partial charge in [-0.25, -0.2) is 0 Å². The Labute approximate surface area is 91.0 Å². The van der Waals surface area contributed by atoms with Gasteiger partial charge >= 0.3 is 0 Å². The molecule has 1 atom stereocenters. The van der Waals surface area contributed by atoms with Crippen LogP contribution in [0.25, 0.3) is 0 Å². The van der Waals surface area contributed by atoms with E-state index in [9.17, 15) is 0 Å². The monoisotopic (exact) mass is 210 g/mol. The van der Waals surface area contributed by atoms with E-state index in [1.54, 1.807) is 14.2 Å². The quantitative estimate of drug-likeness (QED) is 0.748. The van der Waals surface area contributed by atoms with Gasteiger partial charge in [0.15, 0.2) is 0 Å². The molecule has 0 radical (unpaired) electrons. The summed E-state index contributed by atoms with van der Waals surface area (Å²) in [7, 11) is 3.33. The normalized spacial score (nSPS) is 12.3. The lowest BCUT2D eigenvalue weighted by molar-refractivity contribution is 0.116. The Bertz CT molecular complexity index is 310. The van der Waals surface area contributed by atoms with Crippen LogP contribution in [0.15, 0.2) is 18.2 Å². The van der Waals surface area contributed by atoms with Crippen LogP contribution in [0.3, 0.4) is 0 Å². The highest BCUT2D eigenvalue weighted by Gasteiger charge is 2.12. The standard InChI is InChI=1S/C12H18O3/c1-5-15-12-7-6-10(14-4)8-11(12)9(2)13-3/h6-9H,5H2,1-4H3. The molecule has 0 saturated heterocycles. The first-order chi connectivity index (χ1) is 7.22. The molecular weight excluding hydrogens is 192 g/mol. The second kappa shape index (κ2) is 5.61. The summed E-state index contributed by atoms with van der Waals surface area (Å²) in [6.45, 7) is 4.60. The molecule has 0 aliphatic rings. The smallest absolute Gasteiger partial charge is 0.125 e. The van der Waals surface area contributed by atoms with Crippen molar-refractivity contribution in [2.75, 3.05) is 20.8 Å². The average Bonchev–Trinajstić information content (AvgIpc) is 2.29. The minimum absolute atomic E-state index is 0.00153. The molecule has 0 N–H and O–H groups in total. The fourth-order valence-electron chi connectivity index (χ4n) is 1.39. The number of methoxy groups -OCH3 is 2. The molecule has 84 valence electrons. The van der Waals surface area contributed by atoms with Crippen LogP contribution in [0.4, 0.5) is 0 Å². The van der Waals surface area contributed by atoms with Gasteiger partial charge in [-0.1, -0.05) is 0 Å². The molecule has 0 aliphatic carbocycles. The Kier molecular flexibility index (Phi) is 4.43. The Balaban J connectivity index is 3.04. The Morgan fingerprint density at radius 1 is 1.27 bits per heavy atom. The maximum atomic E-state index is 5.52. The number of ether oxygens (including phenoxy) is 3. The van der Waals surface area contributed by atoms with Crippen LogP contribution in [-0.2, 0) is 4.74 Å². The predicted molar refractivity (Wildman–Crippen MR) is 59.6 cm³/mol. The lowest BCUT2D eigenvalue weighted by Crippen LogP contribution is -2.02. The van der Waals surface area contributed by atoms with E-state index in [4.69, 9.17) is 14.2 Å². The molecule has 0 aromatic heterocycles. The van der Waals surface area contributed by atoms with E-state index in [2.05, 4.69) is 0 Å². The summed E-state index contributed by atoms with van der Waals surface area (Å²) in [5.74, 6) is 1.67. The maximum Gasteiger partial charge on any atom is 0.125 e. The molecule has 15 heavy (non-hydrogen) atoms. The summed E-state index contributed by atoms with van der Waals surface area (Å²) in [6, 6.07) is 5.74. The first kappa shape index (κ1) is 11.9. The number of hydrogen-bond acceptors (Lipinski definition) is 3. The van der Waals surface area contributed by atoms with E-state index in [1.165, 1.54) is 0 Å². The third kappa shape index (κ3) is 2.86. The predicted octanol–water partition coefficient (Wildman–Crippen LogP) is 2.80. The van der Waals surface area contributed by atoms with Gasteiger partial charge in [0.1, 0.15) is 11.5 Å². The zero-order valence-corrected chi connectivity index (χ0v) is 9.74. The van der Waals surface area contributed by atoms with Crippen molar-refractivity contribution in [3.63, 3.8) is 0 Å². The summed E-state index contributed by atoms with van der Waals surface area (Å²) >= 11 is 0. The fraction of sp³-hybridized carbons (Fsp3) is 0.500. The third-order valence-corrected chi connectivity index (χ3v) is 2.31. The second-order valence-electron chi connectivity index (χ2n) is 3.21. The molecule has 0 heterocycles. The van der Waals surface area contributed by atoms with E-state index >= 15 is 0 Å². The van der Waals surface area contributed by atoms with Crippen molar-refractivity contribution >= 4 is 0 Å². The second-order valence-corrected chi connectivity index (χ2v) is 3.21. The molecule has 1 unspecified atom stereocenters. The Morgan fingerprint density at radius 3 is 2.53 bits per heavy atom. The van der Waals surface area contributed by atoms with Gasteiger partial charge in [-0.2, -0.15) is 0 Å². The Morgan fingerprint density at radius 2 is 2.00 bits per heavy atom. The van der Waals surface area contributed by atoms with E-state index in [-0.39, 0.29) is 6.10 Å². The molecule has 0 amide bonds. The van der Waals surface area contributed by atoms with Crippen LogP contribution in [0.2, 0.25) is 0 Å². The van der Waals surface area contributed by atoms with Gasteiger partial charge in [-0.15, -0.1) is 0 Å². The summed E-state index contributed by atoms with van der Waals surface area (Å²) in [5, 5.41) is 0. The fourth-order valence-corrected chi connectivity index (χ4v) is 1.39. The van der Waals surface area contributed by atoms with Gasteiger partial charge in [-0.05, 0) is 32.0 Å². The summed E-state index contributed by atoms with van der Waals surface area (Å²) in [6.07, 6.45) is 0.00153. The van der Waals surface area contributed by atoms with E-state index < -0.39 is 0 Å². The van der Waals surface area contributed by atoms with E-state index in [0.717, 1.165) is 17.1 Å². The van der Waals surface area contributed by atoms with Crippen molar-refractivity contribution in [3.05, 3.63) is 23.8 Å². The van der Waals surface area contributed by atoms with Crippen LogP contribution >= 0.6 is 0 Å². The highest BCUT2D eigenvalue weighted by molar-refractivity contribution is 5.41. The van der Waals surface area contributed by atoms with Crippen LogP contribution in [0.5, 0.6) is 11.5 Å². The average molecular weight is 210 g/mol. The highest BCUT2D eigenvalue weighted by atomic mass is 16.5. The van der Waals surface area contributed by atoms with Crippen LogP contribution < -0.4 is 9.47 Å². The van der Waals surface area contributed by atoms with Crippen molar-refractivity contribution in [1.29, 1.82) is 0 Å². The van der Waals surface area contributed by atoms with Crippen molar-refractivity contribution in [3.8, 4) is 11.5 Å². The molecule has 3 heteroatoms. The first-order valence-electron chi connectivity index (χ1n) is 5.06. The van der Waals surface area contributed by atoms with Gasteiger partial charge in [0, 0.05) is 12.7 Å². The van der Waals surface area contributed by atoms with Gasteiger partial charge in [0.25, 0.3) is 0 Å². The van der Waals surface area contributed by atoms with Crippen molar-refractivity contribution in [2.45, 2.75) is 20.0 Å². The Hall–Kier alpha value is -1.22. The number of rotatable bonds is 5. The van der Waals surface area contributed by atoms with Crippen molar-refractivity contribution in [2.24, 2.45) is 0 Å². The van der Waals surface area contributed by atoms with Crippen LogP contribution in [-0.4, -0.2) is 20.8 Å². The maximum absolute atomic E-state index is 5.52. The van der Waals surface area contributed by atoms with Gasteiger partial charge in [-0.3, -0.25) is 0 Å². The number of hydrogen-bond donors (Lipinski definition) is 0. The molecule has 0 saturated carbocycles. The van der Waals surface area contributed by atoms with Gasteiger partial charge < -0.3 is 14.2 Å². The minimum atomic E-state index is 0.00153. The molecule has 0 fully saturated rings. The van der Waals surface area contributed by atoms with Gasteiger partial charge in [0.2, 0.25) is 0 Å². The van der Waals surface area contributed by atoms with E-state index in [1.807, 2.05) is 32.0 Å².